The first-order valence-electron chi connectivity index (χ1n) is 5.13. The summed E-state index contributed by atoms with van der Waals surface area (Å²) in [6, 6.07) is 16.9. The van der Waals surface area contributed by atoms with E-state index >= 15 is 0 Å². The van der Waals surface area contributed by atoms with Gasteiger partial charge in [-0.05, 0) is 29.2 Å². The third-order valence-corrected chi connectivity index (χ3v) is 3.62. The van der Waals surface area contributed by atoms with Crippen molar-refractivity contribution in [3.8, 4) is 11.1 Å². The maximum Gasteiger partial charge on any atom is 0.0952 e. The van der Waals surface area contributed by atoms with Crippen molar-refractivity contribution in [2.75, 3.05) is 0 Å². The average Bonchev–Trinajstić information content (AvgIpc) is 2.29. The van der Waals surface area contributed by atoms with Crippen LogP contribution in [0.1, 0.15) is 14.9 Å². The average molecular weight is 340 g/mol. The zero-order valence-electron chi connectivity index (χ0n) is 8.95. The van der Waals surface area contributed by atoms with Crippen LogP contribution in [0, 0.1) is 6.92 Å². The van der Waals surface area contributed by atoms with Crippen LogP contribution < -0.4 is 0 Å². The normalized spacial score (nSPS) is 10.8. The third kappa shape index (κ3) is 2.38. The molecule has 2 aromatic carbocycles. The van der Waals surface area contributed by atoms with E-state index in [2.05, 4.69) is 87.3 Å². The predicted molar refractivity (Wildman–Crippen MR) is 77.2 cm³/mol. The molecule has 0 aromatic heterocycles. The van der Waals surface area contributed by atoms with E-state index in [4.69, 9.17) is 0 Å². The number of hydrogen-bond donors (Lipinski definition) is 0. The molecule has 0 N–H and O–H groups in total. The van der Waals surface area contributed by atoms with Crippen LogP contribution in [0.5, 0.6) is 0 Å². The van der Waals surface area contributed by atoms with Gasteiger partial charge in [0.25, 0.3) is 0 Å². The fourth-order valence-corrected chi connectivity index (χ4v) is 2.61. The highest BCUT2D eigenvalue weighted by molar-refractivity contribution is 9.24. The molecule has 0 aliphatic rings. The van der Waals surface area contributed by atoms with Crippen LogP contribution in [0.4, 0.5) is 0 Å². The molecule has 0 unspecified atom stereocenters. The van der Waals surface area contributed by atoms with Crippen LogP contribution in [0.2, 0.25) is 0 Å². The topological polar surface area (TPSA) is 0 Å². The summed E-state index contributed by atoms with van der Waals surface area (Å²) in [5.41, 5.74) is 5.13. The largest absolute Gasteiger partial charge is 0.0952 e. The maximum absolute atomic E-state index is 3.57. The van der Waals surface area contributed by atoms with Gasteiger partial charge in [-0.15, -0.1) is 0 Å². The standard InChI is InChI=1S/C14H12Br2/c1-10-6-2-3-7-11(10)12-8-4-5-9-13(12)14(15)16/h2-9,14H,1H3. The summed E-state index contributed by atoms with van der Waals surface area (Å²) in [7, 11) is 0. The Labute approximate surface area is 113 Å². The van der Waals surface area contributed by atoms with Gasteiger partial charge in [-0.3, -0.25) is 0 Å². The molecule has 2 aromatic rings. The van der Waals surface area contributed by atoms with E-state index in [0.717, 1.165) is 0 Å². The van der Waals surface area contributed by atoms with Crippen molar-refractivity contribution in [3.05, 3.63) is 59.7 Å². The first kappa shape index (κ1) is 11.9. The summed E-state index contributed by atoms with van der Waals surface area (Å²) in [6.45, 7) is 2.14. The minimum absolute atomic E-state index is 0.191. The molecule has 0 saturated carbocycles. The van der Waals surface area contributed by atoms with Gasteiger partial charge in [0.2, 0.25) is 0 Å². The van der Waals surface area contributed by atoms with Crippen molar-refractivity contribution in [3.63, 3.8) is 0 Å². The molecule has 16 heavy (non-hydrogen) atoms. The zero-order chi connectivity index (χ0) is 11.5. The van der Waals surface area contributed by atoms with E-state index in [9.17, 15) is 0 Å². The molecule has 0 heterocycles. The van der Waals surface area contributed by atoms with Gasteiger partial charge >= 0.3 is 0 Å². The van der Waals surface area contributed by atoms with Gasteiger partial charge in [0.05, 0.1) is 3.74 Å². The van der Waals surface area contributed by atoms with Gasteiger partial charge in [0, 0.05) is 0 Å². The van der Waals surface area contributed by atoms with E-state index in [-0.39, 0.29) is 3.74 Å². The van der Waals surface area contributed by atoms with Crippen LogP contribution in [0.25, 0.3) is 11.1 Å². The zero-order valence-corrected chi connectivity index (χ0v) is 12.1. The van der Waals surface area contributed by atoms with Crippen LogP contribution in [0.3, 0.4) is 0 Å². The Morgan fingerprint density at radius 3 is 2.00 bits per heavy atom. The van der Waals surface area contributed by atoms with Crippen molar-refractivity contribution >= 4 is 31.9 Å². The van der Waals surface area contributed by atoms with Crippen molar-refractivity contribution in [2.45, 2.75) is 10.7 Å². The molecule has 0 amide bonds. The molecule has 2 heteroatoms. The Morgan fingerprint density at radius 2 is 1.38 bits per heavy atom. The van der Waals surface area contributed by atoms with Crippen molar-refractivity contribution in [1.29, 1.82) is 0 Å². The first-order chi connectivity index (χ1) is 7.70. The van der Waals surface area contributed by atoms with E-state index in [1.54, 1.807) is 0 Å². The summed E-state index contributed by atoms with van der Waals surface area (Å²) in [5, 5.41) is 0. The summed E-state index contributed by atoms with van der Waals surface area (Å²) in [6.07, 6.45) is 0. The Morgan fingerprint density at radius 1 is 0.812 bits per heavy atom. The van der Waals surface area contributed by atoms with E-state index in [1.165, 1.54) is 22.3 Å². The molecule has 0 saturated heterocycles. The monoisotopic (exact) mass is 338 g/mol. The smallest absolute Gasteiger partial charge is 0.0712 e. The third-order valence-electron chi connectivity index (χ3n) is 2.63. The molecule has 2 rings (SSSR count). The van der Waals surface area contributed by atoms with Crippen molar-refractivity contribution < 1.29 is 0 Å². The Bertz CT molecular complexity index is 490. The SMILES string of the molecule is Cc1ccccc1-c1ccccc1C(Br)Br. The molecule has 0 fully saturated rings. The quantitative estimate of drug-likeness (QED) is 0.638. The summed E-state index contributed by atoms with van der Waals surface area (Å²) < 4.78 is 0.191. The highest BCUT2D eigenvalue weighted by atomic mass is 79.9. The number of alkyl halides is 2. The lowest BCUT2D eigenvalue weighted by molar-refractivity contribution is 1.38. The van der Waals surface area contributed by atoms with Gasteiger partial charge in [-0.25, -0.2) is 0 Å². The van der Waals surface area contributed by atoms with Crippen molar-refractivity contribution in [1.82, 2.24) is 0 Å². The second kappa shape index (κ2) is 5.15. The van der Waals surface area contributed by atoms with Crippen LogP contribution in [-0.2, 0) is 0 Å². The van der Waals surface area contributed by atoms with Gasteiger partial charge in [-0.1, -0.05) is 80.4 Å². The molecule has 82 valence electrons. The number of halogens is 2. The lowest BCUT2D eigenvalue weighted by atomic mass is 9.97. The molecular formula is C14H12Br2. The number of benzene rings is 2. The van der Waals surface area contributed by atoms with E-state index in [1.807, 2.05) is 0 Å². The molecule has 0 spiro atoms. The van der Waals surface area contributed by atoms with E-state index < -0.39 is 0 Å². The second-order valence-electron chi connectivity index (χ2n) is 3.70. The summed E-state index contributed by atoms with van der Waals surface area (Å²) in [4.78, 5) is 0. The molecular weight excluding hydrogens is 328 g/mol. The van der Waals surface area contributed by atoms with Crippen LogP contribution in [-0.4, -0.2) is 0 Å². The summed E-state index contributed by atoms with van der Waals surface area (Å²) >= 11 is 7.14. The molecule has 0 aliphatic heterocycles. The lowest BCUT2D eigenvalue weighted by Gasteiger charge is -2.12. The van der Waals surface area contributed by atoms with Gasteiger partial charge < -0.3 is 0 Å². The Balaban J connectivity index is 2.60. The van der Waals surface area contributed by atoms with Crippen LogP contribution >= 0.6 is 31.9 Å². The summed E-state index contributed by atoms with van der Waals surface area (Å²) in [5.74, 6) is 0. The molecule has 0 aliphatic carbocycles. The molecule has 0 nitrogen and oxygen atoms in total. The highest BCUT2D eigenvalue weighted by Gasteiger charge is 2.10. The second-order valence-corrected chi connectivity index (χ2v) is 6.76. The fourth-order valence-electron chi connectivity index (χ4n) is 1.81. The lowest BCUT2D eigenvalue weighted by Crippen LogP contribution is -1.89. The predicted octanol–water partition coefficient (Wildman–Crippen LogP) is 5.45. The van der Waals surface area contributed by atoms with Gasteiger partial charge in [-0.2, -0.15) is 0 Å². The maximum atomic E-state index is 3.57. The van der Waals surface area contributed by atoms with E-state index in [0.29, 0.717) is 0 Å². The molecule has 0 radical (unpaired) electrons. The molecule has 0 atom stereocenters. The number of hydrogen-bond acceptors (Lipinski definition) is 0. The number of rotatable bonds is 2. The van der Waals surface area contributed by atoms with Gasteiger partial charge in [0.1, 0.15) is 0 Å². The highest BCUT2D eigenvalue weighted by Crippen LogP contribution is 2.37. The van der Waals surface area contributed by atoms with Crippen LogP contribution in [0.15, 0.2) is 48.5 Å². The molecule has 0 bridgehead atoms. The Hall–Kier alpha value is -0.600. The first-order valence-corrected chi connectivity index (χ1v) is 6.96. The minimum Gasteiger partial charge on any atom is -0.0712 e. The number of aryl methyl sites for hydroxylation is 1. The van der Waals surface area contributed by atoms with Crippen molar-refractivity contribution in [2.24, 2.45) is 0 Å². The van der Waals surface area contributed by atoms with Gasteiger partial charge in [0.15, 0.2) is 0 Å². The minimum atomic E-state index is 0.191. The fraction of sp³-hybridized carbons (Fsp3) is 0.143. The Kier molecular flexibility index (Phi) is 3.82.